The molecule has 1 heterocycles. The maximum Gasteiger partial charge on any atom is 0.245 e. The lowest BCUT2D eigenvalue weighted by Crippen LogP contribution is -2.62. The molecule has 0 aromatic heterocycles. The van der Waals surface area contributed by atoms with Gasteiger partial charge in [-0.05, 0) is 19.8 Å². The zero-order valence-corrected chi connectivity index (χ0v) is 12.7. The number of nitrogens with zero attached hydrogens (tertiary/aromatic N) is 1. The van der Waals surface area contributed by atoms with Gasteiger partial charge in [-0.2, -0.15) is 0 Å². The Kier molecular flexibility index (Phi) is 7.54. The van der Waals surface area contributed by atoms with E-state index in [-0.39, 0.29) is 17.9 Å². The number of carbonyl (C=O) groups excluding carboxylic acids is 2. The summed E-state index contributed by atoms with van der Waals surface area (Å²) < 4.78 is 10.4. The van der Waals surface area contributed by atoms with E-state index in [0.717, 1.165) is 12.8 Å². The summed E-state index contributed by atoms with van der Waals surface area (Å²) in [5.74, 6) is -0.0816. The van der Waals surface area contributed by atoms with Crippen LogP contribution in [0.4, 0.5) is 0 Å². The van der Waals surface area contributed by atoms with E-state index in [4.69, 9.17) is 9.47 Å². The van der Waals surface area contributed by atoms with Crippen molar-refractivity contribution in [2.24, 2.45) is 0 Å². The van der Waals surface area contributed by atoms with Gasteiger partial charge < -0.3 is 19.7 Å². The number of methoxy groups -OCH3 is 1. The van der Waals surface area contributed by atoms with Crippen LogP contribution in [0.5, 0.6) is 0 Å². The van der Waals surface area contributed by atoms with Crippen LogP contribution in [-0.2, 0) is 19.1 Å². The van der Waals surface area contributed by atoms with Crippen molar-refractivity contribution in [2.45, 2.75) is 45.2 Å². The zero-order valence-electron chi connectivity index (χ0n) is 12.7. The standard InChI is InChI=1S/C14H26N2O4/c1-4-6-12-13(17)15-11(2)14(18)16(12)7-10-20-9-5-8-19-3/h11-12H,4-10H2,1-3H3,(H,15,17). The van der Waals surface area contributed by atoms with Crippen LogP contribution >= 0.6 is 0 Å². The van der Waals surface area contributed by atoms with Crippen LogP contribution < -0.4 is 5.32 Å². The van der Waals surface area contributed by atoms with Gasteiger partial charge in [0.2, 0.25) is 11.8 Å². The van der Waals surface area contributed by atoms with Crippen molar-refractivity contribution in [3.05, 3.63) is 0 Å². The SMILES string of the molecule is CCCC1C(=O)NC(C)C(=O)N1CCOCCCOC. The molecule has 0 aromatic carbocycles. The number of piperazine rings is 1. The number of hydrogen-bond donors (Lipinski definition) is 1. The molecule has 0 aromatic rings. The molecule has 1 N–H and O–H groups in total. The molecule has 2 atom stereocenters. The first-order valence-electron chi connectivity index (χ1n) is 7.29. The summed E-state index contributed by atoms with van der Waals surface area (Å²) in [6.45, 7) is 5.92. The molecule has 0 radical (unpaired) electrons. The molecule has 2 unspecified atom stereocenters. The number of ether oxygens (including phenoxy) is 2. The molecule has 1 aliphatic rings. The van der Waals surface area contributed by atoms with Gasteiger partial charge in [-0.25, -0.2) is 0 Å². The van der Waals surface area contributed by atoms with Crippen LogP contribution in [0, 0.1) is 0 Å². The summed E-state index contributed by atoms with van der Waals surface area (Å²) in [4.78, 5) is 25.8. The Morgan fingerprint density at radius 3 is 2.65 bits per heavy atom. The third-order valence-corrected chi connectivity index (χ3v) is 3.37. The Balaban J connectivity index is 2.44. The second-order valence-electron chi connectivity index (χ2n) is 5.03. The van der Waals surface area contributed by atoms with Crippen LogP contribution in [0.15, 0.2) is 0 Å². The van der Waals surface area contributed by atoms with Crippen molar-refractivity contribution in [3.63, 3.8) is 0 Å². The third kappa shape index (κ3) is 4.76. The van der Waals surface area contributed by atoms with Crippen LogP contribution in [0.25, 0.3) is 0 Å². The Morgan fingerprint density at radius 2 is 2.00 bits per heavy atom. The molecule has 20 heavy (non-hydrogen) atoms. The largest absolute Gasteiger partial charge is 0.385 e. The molecule has 6 heteroatoms. The molecule has 0 spiro atoms. The highest BCUT2D eigenvalue weighted by Gasteiger charge is 2.37. The molecule has 116 valence electrons. The van der Waals surface area contributed by atoms with E-state index in [9.17, 15) is 9.59 Å². The fourth-order valence-corrected chi connectivity index (χ4v) is 2.31. The molecule has 1 saturated heterocycles. The summed E-state index contributed by atoms with van der Waals surface area (Å²) in [5.41, 5.74) is 0. The van der Waals surface area contributed by atoms with Crippen LogP contribution in [0.1, 0.15) is 33.1 Å². The topological polar surface area (TPSA) is 67.9 Å². The van der Waals surface area contributed by atoms with Gasteiger partial charge in [0.15, 0.2) is 0 Å². The summed E-state index contributed by atoms with van der Waals surface area (Å²) in [6.07, 6.45) is 2.39. The Morgan fingerprint density at radius 1 is 1.25 bits per heavy atom. The monoisotopic (exact) mass is 286 g/mol. The van der Waals surface area contributed by atoms with E-state index < -0.39 is 6.04 Å². The van der Waals surface area contributed by atoms with E-state index in [1.54, 1.807) is 18.9 Å². The minimum Gasteiger partial charge on any atom is -0.385 e. The molecular weight excluding hydrogens is 260 g/mol. The number of nitrogens with one attached hydrogen (secondary N) is 1. The van der Waals surface area contributed by atoms with Crippen LogP contribution in [0.2, 0.25) is 0 Å². The fraction of sp³-hybridized carbons (Fsp3) is 0.857. The lowest BCUT2D eigenvalue weighted by atomic mass is 10.0. The lowest BCUT2D eigenvalue weighted by molar-refractivity contribution is -0.149. The Bertz CT molecular complexity index is 322. The molecule has 6 nitrogen and oxygen atoms in total. The highest BCUT2D eigenvalue weighted by molar-refractivity contribution is 5.96. The average Bonchev–Trinajstić information content (AvgIpc) is 2.42. The first kappa shape index (κ1) is 16.9. The van der Waals surface area contributed by atoms with Gasteiger partial charge in [-0.3, -0.25) is 9.59 Å². The number of amides is 2. The molecule has 1 aliphatic heterocycles. The number of rotatable bonds is 9. The van der Waals surface area contributed by atoms with Crippen molar-refractivity contribution < 1.29 is 19.1 Å². The van der Waals surface area contributed by atoms with E-state index in [1.807, 2.05) is 6.92 Å². The van der Waals surface area contributed by atoms with Crippen molar-refractivity contribution in [1.29, 1.82) is 0 Å². The molecular formula is C14H26N2O4. The normalized spacial score (nSPS) is 23.1. The first-order chi connectivity index (χ1) is 9.61. The second kappa shape index (κ2) is 8.92. The van der Waals surface area contributed by atoms with Crippen molar-refractivity contribution in [2.75, 3.05) is 33.5 Å². The van der Waals surface area contributed by atoms with Gasteiger partial charge in [-0.15, -0.1) is 0 Å². The summed E-state index contributed by atoms with van der Waals surface area (Å²) >= 11 is 0. The minimum atomic E-state index is -0.441. The van der Waals surface area contributed by atoms with Crippen molar-refractivity contribution in [3.8, 4) is 0 Å². The van der Waals surface area contributed by atoms with Gasteiger partial charge in [0, 0.05) is 26.9 Å². The van der Waals surface area contributed by atoms with E-state index >= 15 is 0 Å². The fourth-order valence-electron chi connectivity index (χ4n) is 2.31. The average molecular weight is 286 g/mol. The molecule has 1 fully saturated rings. The third-order valence-electron chi connectivity index (χ3n) is 3.37. The lowest BCUT2D eigenvalue weighted by Gasteiger charge is -2.37. The Labute approximate surface area is 120 Å². The number of hydrogen-bond acceptors (Lipinski definition) is 4. The van der Waals surface area contributed by atoms with Crippen molar-refractivity contribution >= 4 is 11.8 Å². The molecule has 1 rings (SSSR count). The summed E-state index contributed by atoms with van der Waals surface area (Å²) in [5, 5.41) is 2.72. The second-order valence-corrected chi connectivity index (χ2v) is 5.03. The minimum absolute atomic E-state index is 0.0245. The zero-order chi connectivity index (χ0) is 15.0. The van der Waals surface area contributed by atoms with E-state index in [0.29, 0.717) is 32.8 Å². The number of carbonyl (C=O) groups is 2. The highest BCUT2D eigenvalue weighted by Crippen LogP contribution is 2.14. The maximum absolute atomic E-state index is 12.2. The first-order valence-corrected chi connectivity index (χ1v) is 7.29. The Hall–Kier alpha value is -1.14. The molecule has 0 aliphatic carbocycles. The van der Waals surface area contributed by atoms with Gasteiger partial charge in [0.1, 0.15) is 12.1 Å². The van der Waals surface area contributed by atoms with Crippen LogP contribution in [-0.4, -0.2) is 62.3 Å². The predicted molar refractivity (Wildman–Crippen MR) is 75.3 cm³/mol. The highest BCUT2D eigenvalue weighted by atomic mass is 16.5. The maximum atomic E-state index is 12.2. The van der Waals surface area contributed by atoms with Gasteiger partial charge in [-0.1, -0.05) is 13.3 Å². The van der Waals surface area contributed by atoms with E-state index in [2.05, 4.69) is 5.32 Å². The van der Waals surface area contributed by atoms with Crippen LogP contribution in [0.3, 0.4) is 0 Å². The summed E-state index contributed by atoms with van der Waals surface area (Å²) in [7, 11) is 1.65. The summed E-state index contributed by atoms with van der Waals surface area (Å²) in [6, 6.07) is -0.796. The predicted octanol–water partition coefficient (Wildman–Crippen LogP) is 0.555. The molecule has 0 bridgehead atoms. The van der Waals surface area contributed by atoms with Crippen molar-refractivity contribution in [1.82, 2.24) is 10.2 Å². The van der Waals surface area contributed by atoms with E-state index in [1.165, 1.54) is 0 Å². The van der Waals surface area contributed by atoms with Gasteiger partial charge in [0.05, 0.1) is 6.61 Å². The quantitative estimate of drug-likeness (QED) is 0.629. The van der Waals surface area contributed by atoms with Gasteiger partial charge in [0.25, 0.3) is 0 Å². The molecule has 0 saturated carbocycles. The molecule has 2 amide bonds. The van der Waals surface area contributed by atoms with Gasteiger partial charge >= 0.3 is 0 Å². The smallest absolute Gasteiger partial charge is 0.245 e.